The molecule has 21 heavy (non-hydrogen) atoms. The molecule has 3 aromatic rings. The number of hydrogen-bond acceptors (Lipinski definition) is 4. The van der Waals surface area contributed by atoms with Crippen LogP contribution in [0.4, 0.5) is 10.1 Å². The van der Waals surface area contributed by atoms with Gasteiger partial charge in [-0.15, -0.1) is 11.3 Å². The predicted octanol–water partition coefficient (Wildman–Crippen LogP) is 3.60. The molecule has 6 heteroatoms. The van der Waals surface area contributed by atoms with Crippen LogP contribution < -0.4 is 5.73 Å². The summed E-state index contributed by atoms with van der Waals surface area (Å²) in [6.07, 6.45) is 0. The van der Waals surface area contributed by atoms with Crippen LogP contribution in [0.3, 0.4) is 0 Å². The van der Waals surface area contributed by atoms with Crippen molar-refractivity contribution in [2.45, 2.75) is 10.6 Å². The summed E-state index contributed by atoms with van der Waals surface area (Å²) >= 11 is 1.48. The summed E-state index contributed by atoms with van der Waals surface area (Å²) in [7, 11) is -3.75. The van der Waals surface area contributed by atoms with Crippen molar-refractivity contribution in [2.24, 2.45) is 0 Å². The maximum Gasteiger partial charge on any atom is 0.185 e. The molecule has 2 aromatic carbocycles. The number of nitrogens with two attached hydrogens (primary N) is 1. The molecule has 3 rings (SSSR count). The average molecular weight is 321 g/mol. The SMILES string of the molecule is Nc1ccc(S(=O)(=O)Cc2csc3ccccc23)c(F)c1. The van der Waals surface area contributed by atoms with Crippen LogP contribution in [0.1, 0.15) is 5.56 Å². The lowest BCUT2D eigenvalue weighted by Crippen LogP contribution is -2.07. The van der Waals surface area contributed by atoms with Crippen molar-refractivity contribution in [3.8, 4) is 0 Å². The van der Waals surface area contributed by atoms with Crippen molar-refractivity contribution >= 4 is 36.9 Å². The highest BCUT2D eigenvalue weighted by atomic mass is 32.2. The molecule has 0 aliphatic carbocycles. The van der Waals surface area contributed by atoms with E-state index >= 15 is 0 Å². The molecule has 3 nitrogen and oxygen atoms in total. The second kappa shape index (κ2) is 5.13. The van der Waals surface area contributed by atoms with E-state index in [1.165, 1.54) is 23.5 Å². The fourth-order valence-corrected chi connectivity index (χ4v) is 4.70. The number of rotatable bonds is 3. The Hall–Kier alpha value is -1.92. The first-order valence-corrected chi connectivity index (χ1v) is 8.73. The number of hydrogen-bond donors (Lipinski definition) is 1. The van der Waals surface area contributed by atoms with Crippen molar-refractivity contribution in [2.75, 3.05) is 5.73 Å². The fraction of sp³-hybridized carbons (Fsp3) is 0.0667. The Labute approximate surface area is 125 Å². The molecule has 0 fully saturated rings. The van der Waals surface area contributed by atoms with Crippen LogP contribution >= 0.6 is 11.3 Å². The predicted molar refractivity (Wildman–Crippen MR) is 83.5 cm³/mol. The van der Waals surface area contributed by atoms with E-state index in [4.69, 9.17) is 5.73 Å². The number of thiophene rings is 1. The Bertz CT molecular complexity index is 916. The van der Waals surface area contributed by atoms with E-state index in [0.29, 0.717) is 5.56 Å². The van der Waals surface area contributed by atoms with Crippen molar-refractivity contribution in [3.63, 3.8) is 0 Å². The van der Waals surface area contributed by atoms with Gasteiger partial charge in [0.05, 0.1) is 5.75 Å². The van der Waals surface area contributed by atoms with Crippen LogP contribution in [-0.2, 0) is 15.6 Å². The first-order chi connectivity index (χ1) is 9.97. The third-order valence-corrected chi connectivity index (χ3v) is 5.90. The van der Waals surface area contributed by atoms with Crippen molar-refractivity contribution in [1.82, 2.24) is 0 Å². The maximum atomic E-state index is 13.8. The summed E-state index contributed by atoms with van der Waals surface area (Å²) in [5.74, 6) is -1.03. The molecule has 0 unspecified atom stereocenters. The van der Waals surface area contributed by atoms with Crippen LogP contribution in [0.2, 0.25) is 0 Å². The molecule has 0 spiro atoms. The third kappa shape index (κ3) is 2.64. The van der Waals surface area contributed by atoms with Gasteiger partial charge in [-0.1, -0.05) is 18.2 Å². The van der Waals surface area contributed by atoms with Gasteiger partial charge in [0.25, 0.3) is 0 Å². The Morgan fingerprint density at radius 2 is 1.90 bits per heavy atom. The summed E-state index contributed by atoms with van der Waals surface area (Å²) in [4.78, 5) is -0.313. The Balaban J connectivity index is 2.03. The van der Waals surface area contributed by atoms with Gasteiger partial charge in [-0.25, -0.2) is 12.8 Å². The molecule has 0 amide bonds. The summed E-state index contributed by atoms with van der Waals surface area (Å²) in [5.41, 5.74) is 6.34. The fourth-order valence-electron chi connectivity index (χ4n) is 2.20. The minimum absolute atomic E-state index is 0.201. The molecule has 1 heterocycles. The summed E-state index contributed by atoms with van der Waals surface area (Å²) in [6.45, 7) is 0. The summed E-state index contributed by atoms with van der Waals surface area (Å²) in [5, 5.41) is 2.69. The lowest BCUT2D eigenvalue weighted by Gasteiger charge is -2.06. The number of anilines is 1. The minimum atomic E-state index is -3.75. The first-order valence-electron chi connectivity index (χ1n) is 6.20. The van der Waals surface area contributed by atoms with Crippen LogP contribution in [-0.4, -0.2) is 8.42 Å². The van der Waals surface area contributed by atoms with Crippen LogP contribution in [0.25, 0.3) is 10.1 Å². The summed E-state index contributed by atoms with van der Waals surface area (Å²) < 4.78 is 39.6. The second-order valence-corrected chi connectivity index (χ2v) is 7.58. The topological polar surface area (TPSA) is 60.2 Å². The first kappa shape index (κ1) is 14.0. The molecule has 0 saturated carbocycles. The van der Waals surface area contributed by atoms with Gasteiger partial charge in [-0.05, 0) is 40.6 Å². The quantitative estimate of drug-likeness (QED) is 0.750. The largest absolute Gasteiger partial charge is 0.399 e. The minimum Gasteiger partial charge on any atom is -0.399 e. The van der Waals surface area contributed by atoms with Gasteiger partial charge in [0.1, 0.15) is 10.7 Å². The van der Waals surface area contributed by atoms with Gasteiger partial charge >= 0.3 is 0 Å². The lowest BCUT2D eigenvalue weighted by molar-refractivity contribution is 0.567. The Morgan fingerprint density at radius 3 is 2.67 bits per heavy atom. The van der Waals surface area contributed by atoms with E-state index in [1.54, 1.807) is 5.38 Å². The smallest absolute Gasteiger partial charge is 0.185 e. The normalized spacial score (nSPS) is 11.9. The maximum absolute atomic E-state index is 13.8. The molecule has 2 N–H and O–H groups in total. The molecule has 0 aliphatic heterocycles. The van der Waals surface area contributed by atoms with Crippen molar-refractivity contribution in [3.05, 3.63) is 59.2 Å². The van der Waals surface area contributed by atoms with Crippen LogP contribution in [0.15, 0.2) is 52.7 Å². The number of nitrogen functional groups attached to an aromatic ring is 1. The van der Waals surface area contributed by atoms with E-state index < -0.39 is 15.7 Å². The number of sulfone groups is 1. The van der Waals surface area contributed by atoms with E-state index in [0.717, 1.165) is 16.2 Å². The molecule has 0 atom stereocenters. The zero-order valence-electron chi connectivity index (χ0n) is 10.9. The van der Waals surface area contributed by atoms with E-state index in [9.17, 15) is 12.8 Å². The van der Waals surface area contributed by atoms with Crippen LogP contribution in [0, 0.1) is 5.82 Å². The van der Waals surface area contributed by atoms with Crippen molar-refractivity contribution in [1.29, 1.82) is 0 Å². The van der Waals surface area contributed by atoms with E-state index in [1.807, 2.05) is 24.3 Å². The number of halogens is 1. The van der Waals surface area contributed by atoms with Gasteiger partial charge < -0.3 is 5.73 Å². The molecule has 0 aliphatic rings. The standard InChI is InChI=1S/C15H12FNO2S2/c16-13-7-11(17)5-6-15(13)21(18,19)9-10-8-20-14-4-2-1-3-12(10)14/h1-8H,9,17H2. The molecule has 0 bridgehead atoms. The van der Waals surface area contributed by atoms with Crippen LogP contribution in [0.5, 0.6) is 0 Å². The highest BCUT2D eigenvalue weighted by molar-refractivity contribution is 7.90. The van der Waals surface area contributed by atoms with Gasteiger partial charge in [0.2, 0.25) is 0 Å². The number of fused-ring (bicyclic) bond motifs is 1. The lowest BCUT2D eigenvalue weighted by atomic mass is 10.2. The average Bonchev–Trinajstić information content (AvgIpc) is 2.81. The highest BCUT2D eigenvalue weighted by Crippen LogP contribution is 2.29. The Morgan fingerprint density at radius 1 is 1.14 bits per heavy atom. The molecular formula is C15H12FNO2S2. The van der Waals surface area contributed by atoms with Crippen molar-refractivity contribution < 1.29 is 12.8 Å². The number of benzene rings is 2. The molecular weight excluding hydrogens is 309 g/mol. The zero-order valence-corrected chi connectivity index (χ0v) is 12.5. The van der Waals surface area contributed by atoms with Gasteiger partial charge in [-0.2, -0.15) is 0 Å². The molecule has 108 valence electrons. The van der Waals surface area contributed by atoms with Gasteiger partial charge in [-0.3, -0.25) is 0 Å². The molecule has 1 aromatic heterocycles. The third-order valence-electron chi connectivity index (χ3n) is 3.20. The zero-order chi connectivity index (χ0) is 15.0. The van der Waals surface area contributed by atoms with E-state index in [-0.39, 0.29) is 16.3 Å². The monoisotopic (exact) mass is 321 g/mol. The Kier molecular flexibility index (Phi) is 3.43. The molecule has 0 radical (unpaired) electrons. The van der Waals surface area contributed by atoms with E-state index in [2.05, 4.69) is 0 Å². The second-order valence-electron chi connectivity index (χ2n) is 4.71. The van der Waals surface area contributed by atoms with Gasteiger partial charge in [0, 0.05) is 10.4 Å². The highest BCUT2D eigenvalue weighted by Gasteiger charge is 2.21. The van der Waals surface area contributed by atoms with Gasteiger partial charge in [0.15, 0.2) is 9.84 Å². The molecule has 0 saturated heterocycles. The summed E-state index contributed by atoms with van der Waals surface area (Å²) in [6, 6.07) is 11.2.